The number of para-hydroxylation sites is 1. The van der Waals surface area contributed by atoms with Gasteiger partial charge in [0.15, 0.2) is 0 Å². The smallest absolute Gasteiger partial charge is 0.315 e. The minimum absolute atomic E-state index is 0.00749. The topological polar surface area (TPSA) is 97.1 Å². The zero-order valence-corrected chi connectivity index (χ0v) is 16.5. The normalized spacial score (nSPS) is 12.9. The first-order valence-electron chi connectivity index (χ1n) is 9.50. The summed E-state index contributed by atoms with van der Waals surface area (Å²) in [7, 11) is 0. The summed E-state index contributed by atoms with van der Waals surface area (Å²) in [6.45, 7) is 3.67. The van der Waals surface area contributed by atoms with Crippen molar-refractivity contribution < 1.29 is 14.7 Å². The fourth-order valence-electron chi connectivity index (χ4n) is 3.34. The fraction of sp³-hybridized carbons (Fsp3) is 0.273. The summed E-state index contributed by atoms with van der Waals surface area (Å²) in [6, 6.07) is 18.5. The number of nitrogens with one attached hydrogen (secondary N) is 1. The lowest BCUT2D eigenvalue weighted by atomic mass is 9.78. The van der Waals surface area contributed by atoms with Crippen LogP contribution in [0, 0.1) is 6.92 Å². The lowest BCUT2D eigenvalue weighted by Gasteiger charge is -2.29. The number of aromatic nitrogens is 3. The van der Waals surface area contributed by atoms with Crippen LogP contribution in [0.25, 0.3) is 5.69 Å². The third-order valence-corrected chi connectivity index (χ3v) is 5.25. The number of carbonyl (C=O) groups is 2. The number of hydrogen-bond donors (Lipinski definition) is 2. The molecule has 0 saturated carbocycles. The van der Waals surface area contributed by atoms with Crippen LogP contribution in [0.4, 0.5) is 0 Å². The molecule has 7 nitrogen and oxygen atoms in total. The first-order chi connectivity index (χ1) is 14.0. The zero-order chi connectivity index (χ0) is 20.9. The molecule has 0 spiro atoms. The molecule has 3 rings (SSSR count). The standard InChI is InChI=1S/C22H24N4O3/c1-3-22(21(28)29,17-10-6-4-7-11-17)15-23-20(27)14-19-16(2)26(25-24-19)18-12-8-5-9-13-18/h4-13H,3,14-15H2,1-2H3,(H,23,27)(H,28,29). The van der Waals surface area contributed by atoms with E-state index in [-0.39, 0.29) is 18.9 Å². The Morgan fingerprint density at radius 1 is 1.07 bits per heavy atom. The summed E-state index contributed by atoms with van der Waals surface area (Å²) in [6.07, 6.45) is 0.392. The molecule has 1 unspecified atom stereocenters. The maximum Gasteiger partial charge on any atom is 0.315 e. The number of carboxylic acids is 1. The van der Waals surface area contributed by atoms with Crippen molar-refractivity contribution in [3.8, 4) is 5.69 Å². The minimum Gasteiger partial charge on any atom is -0.481 e. The summed E-state index contributed by atoms with van der Waals surface area (Å²) >= 11 is 0. The molecule has 29 heavy (non-hydrogen) atoms. The van der Waals surface area contributed by atoms with Crippen molar-refractivity contribution in [1.82, 2.24) is 20.3 Å². The highest BCUT2D eigenvalue weighted by Crippen LogP contribution is 2.28. The first-order valence-corrected chi connectivity index (χ1v) is 9.50. The highest BCUT2D eigenvalue weighted by atomic mass is 16.4. The maximum atomic E-state index is 12.5. The van der Waals surface area contributed by atoms with E-state index in [2.05, 4.69) is 15.6 Å². The molecule has 1 aromatic heterocycles. The summed E-state index contributed by atoms with van der Waals surface area (Å²) in [5.41, 5.74) is 1.69. The predicted molar refractivity (Wildman–Crippen MR) is 109 cm³/mol. The quantitative estimate of drug-likeness (QED) is 0.614. The van der Waals surface area contributed by atoms with Gasteiger partial charge >= 0.3 is 5.97 Å². The van der Waals surface area contributed by atoms with Gasteiger partial charge < -0.3 is 10.4 Å². The third kappa shape index (κ3) is 4.18. The highest BCUT2D eigenvalue weighted by Gasteiger charge is 2.39. The summed E-state index contributed by atoms with van der Waals surface area (Å²) < 4.78 is 1.68. The van der Waals surface area contributed by atoms with E-state index in [0.29, 0.717) is 17.7 Å². The molecule has 0 bridgehead atoms. The molecule has 1 amide bonds. The van der Waals surface area contributed by atoms with E-state index in [0.717, 1.165) is 11.4 Å². The van der Waals surface area contributed by atoms with Gasteiger partial charge in [0.1, 0.15) is 5.41 Å². The summed E-state index contributed by atoms with van der Waals surface area (Å²) in [5.74, 6) is -1.25. The van der Waals surface area contributed by atoms with E-state index < -0.39 is 11.4 Å². The molecule has 0 aliphatic rings. The SMILES string of the molecule is CCC(CNC(=O)Cc1nnn(-c2ccccc2)c1C)(C(=O)O)c1ccccc1. The average molecular weight is 392 g/mol. The van der Waals surface area contributed by atoms with Gasteiger partial charge in [0.25, 0.3) is 0 Å². The van der Waals surface area contributed by atoms with Gasteiger partial charge in [0, 0.05) is 6.54 Å². The van der Waals surface area contributed by atoms with Crippen LogP contribution in [0.1, 0.15) is 30.3 Å². The highest BCUT2D eigenvalue weighted by molar-refractivity contribution is 5.84. The number of hydrogen-bond acceptors (Lipinski definition) is 4. The van der Waals surface area contributed by atoms with Crippen LogP contribution < -0.4 is 5.32 Å². The van der Waals surface area contributed by atoms with Gasteiger partial charge in [-0.15, -0.1) is 5.10 Å². The molecule has 1 atom stereocenters. The van der Waals surface area contributed by atoms with Crippen molar-refractivity contribution in [2.75, 3.05) is 6.54 Å². The molecular formula is C22H24N4O3. The van der Waals surface area contributed by atoms with Crippen LogP contribution in [0.2, 0.25) is 0 Å². The second-order valence-corrected chi connectivity index (χ2v) is 6.93. The Kier molecular flexibility index (Phi) is 6.07. The number of carboxylic acid groups (broad SMARTS) is 1. The Bertz CT molecular complexity index is 986. The fourth-order valence-corrected chi connectivity index (χ4v) is 3.34. The Balaban J connectivity index is 1.72. The van der Waals surface area contributed by atoms with Crippen molar-refractivity contribution in [1.29, 1.82) is 0 Å². The van der Waals surface area contributed by atoms with Crippen LogP contribution >= 0.6 is 0 Å². The second kappa shape index (κ2) is 8.68. The molecule has 3 aromatic rings. The van der Waals surface area contributed by atoms with Gasteiger partial charge in [-0.3, -0.25) is 9.59 Å². The Morgan fingerprint density at radius 2 is 1.69 bits per heavy atom. The number of benzene rings is 2. The number of carbonyl (C=O) groups excluding carboxylic acids is 1. The Labute approximate surface area is 169 Å². The van der Waals surface area contributed by atoms with Gasteiger partial charge in [0.05, 0.1) is 23.5 Å². The van der Waals surface area contributed by atoms with Gasteiger partial charge in [-0.25, -0.2) is 4.68 Å². The van der Waals surface area contributed by atoms with Crippen LogP contribution in [0.15, 0.2) is 60.7 Å². The average Bonchev–Trinajstić information content (AvgIpc) is 3.10. The second-order valence-electron chi connectivity index (χ2n) is 6.93. The van der Waals surface area contributed by atoms with Crippen LogP contribution in [0.3, 0.4) is 0 Å². The molecule has 1 heterocycles. The summed E-state index contributed by atoms with van der Waals surface area (Å²) in [4.78, 5) is 24.6. The number of nitrogens with zero attached hydrogens (tertiary/aromatic N) is 3. The van der Waals surface area contributed by atoms with Crippen molar-refractivity contribution >= 4 is 11.9 Å². The van der Waals surface area contributed by atoms with E-state index >= 15 is 0 Å². The van der Waals surface area contributed by atoms with Crippen LogP contribution in [-0.4, -0.2) is 38.5 Å². The van der Waals surface area contributed by atoms with Crippen molar-refractivity contribution in [2.45, 2.75) is 32.1 Å². The van der Waals surface area contributed by atoms with Crippen molar-refractivity contribution in [2.24, 2.45) is 0 Å². The van der Waals surface area contributed by atoms with E-state index in [1.165, 1.54) is 0 Å². The Hall–Kier alpha value is -3.48. The minimum atomic E-state index is -1.17. The van der Waals surface area contributed by atoms with Gasteiger partial charge in [-0.05, 0) is 31.0 Å². The number of aliphatic carboxylic acids is 1. The molecule has 0 aliphatic carbocycles. The monoisotopic (exact) mass is 392 g/mol. The van der Waals surface area contributed by atoms with E-state index in [1.54, 1.807) is 28.9 Å². The van der Waals surface area contributed by atoms with Gasteiger partial charge in [-0.1, -0.05) is 60.7 Å². The molecule has 7 heteroatoms. The lowest BCUT2D eigenvalue weighted by molar-refractivity contribution is -0.144. The molecule has 0 saturated heterocycles. The number of amides is 1. The van der Waals surface area contributed by atoms with E-state index in [9.17, 15) is 14.7 Å². The molecule has 0 radical (unpaired) electrons. The zero-order valence-electron chi connectivity index (χ0n) is 16.5. The molecule has 2 aromatic carbocycles. The number of rotatable bonds is 8. The molecule has 0 fully saturated rings. The molecule has 2 N–H and O–H groups in total. The third-order valence-electron chi connectivity index (χ3n) is 5.25. The van der Waals surface area contributed by atoms with Crippen molar-refractivity contribution in [3.05, 3.63) is 77.6 Å². The maximum absolute atomic E-state index is 12.5. The van der Waals surface area contributed by atoms with Gasteiger partial charge in [0.2, 0.25) is 5.91 Å². The molecular weight excluding hydrogens is 368 g/mol. The van der Waals surface area contributed by atoms with E-state index in [4.69, 9.17) is 0 Å². The Morgan fingerprint density at radius 3 is 2.28 bits per heavy atom. The van der Waals surface area contributed by atoms with Gasteiger partial charge in [-0.2, -0.15) is 0 Å². The van der Waals surface area contributed by atoms with E-state index in [1.807, 2.05) is 50.2 Å². The first kappa shape index (κ1) is 20.3. The van der Waals surface area contributed by atoms with Crippen LogP contribution in [-0.2, 0) is 21.4 Å². The molecule has 0 aliphatic heterocycles. The predicted octanol–water partition coefficient (Wildman–Crippen LogP) is 2.67. The van der Waals surface area contributed by atoms with Crippen LogP contribution in [0.5, 0.6) is 0 Å². The largest absolute Gasteiger partial charge is 0.481 e. The molecule has 150 valence electrons. The van der Waals surface area contributed by atoms with Crippen molar-refractivity contribution in [3.63, 3.8) is 0 Å². The summed E-state index contributed by atoms with van der Waals surface area (Å²) in [5, 5.41) is 20.9. The lowest BCUT2D eigenvalue weighted by Crippen LogP contribution is -2.46.